The molecule has 11 heteroatoms. The Kier molecular flexibility index (Phi) is 5.67. The number of hydroxylamine groups is 1. The number of aliphatic hydroxyl groups excluding tert-OH is 1. The number of hydrogen-bond acceptors (Lipinski definition) is 8. The maximum absolute atomic E-state index is 13.2. The maximum Gasteiger partial charge on any atom is 0.245 e. The largest absolute Gasteiger partial charge is 0.497 e. The number of nitrogens with zero attached hydrogens (tertiary/aromatic N) is 1. The van der Waals surface area contributed by atoms with Gasteiger partial charge in [-0.2, -0.15) is 4.31 Å². The van der Waals surface area contributed by atoms with E-state index in [0.29, 0.717) is 5.75 Å². The predicted octanol–water partition coefficient (Wildman–Crippen LogP) is -0.155. The molecule has 10 nitrogen and oxygen atoms in total. The Morgan fingerprint density at radius 3 is 2.46 bits per heavy atom. The molecule has 2 saturated heterocycles. The standard InChI is InChI=1S/C17H24N2O8S/c1-17(2)26-15-12(8-14(21)18-22)19(9-13(20)16(15)27-17)28(23,24)11-6-4-10(25-3)5-7-11/h4-7,12-13,15-16,20,22H,8-9H2,1-3H3,(H,18,21). The highest BCUT2D eigenvalue weighted by Gasteiger charge is 2.56. The molecular formula is C17H24N2O8S. The minimum atomic E-state index is -4.08. The molecule has 0 saturated carbocycles. The summed E-state index contributed by atoms with van der Waals surface area (Å²) < 4.78 is 44.1. The Morgan fingerprint density at radius 1 is 1.29 bits per heavy atom. The quantitative estimate of drug-likeness (QED) is 0.445. The number of rotatable bonds is 5. The van der Waals surface area contributed by atoms with E-state index in [1.807, 2.05) is 0 Å². The van der Waals surface area contributed by atoms with E-state index in [9.17, 15) is 18.3 Å². The van der Waals surface area contributed by atoms with Crippen molar-refractivity contribution in [2.75, 3.05) is 13.7 Å². The van der Waals surface area contributed by atoms with Crippen LogP contribution in [-0.4, -0.2) is 72.7 Å². The van der Waals surface area contributed by atoms with Crippen LogP contribution in [0.1, 0.15) is 20.3 Å². The molecular weight excluding hydrogens is 392 g/mol. The molecule has 1 amide bonds. The van der Waals surface area contributed by atoms with Gasteiger partial charge in [0.2, 0.25) is 15.9 Å². The summed E-state index contributed by atoms with van der Waals surface area (Å²) in [6.45, 7) is 3.01. The number of aliphatic hydroxyl groups is 1. The number of benzene rings is 1. The summed E-state index contributed by atoms with van der Waals surface area (Å²) in [5, 5.41) is 19.4. The summed E-state index contributed by atoms with van der Waals surface area (Å²) in [6, 6.07) is 4.79. The molecule has 0 aromatic heterocycles. The average molecular weight is 416 g/mol. The molecule has 156 valence electrons. The SMILES string of the molecule is COc1ccc(S(=O)(=O)N2CC(O)C3OC(C)(C)OC3C2CC(=O)NO)cc1. The lowest BCUT2D eigenvalue weighted by Gasteiger charge is -2.42. The van der Waals surface area contributed by atoms with Crippen molar-refractivity contribution in [2.45, 2.75) is 55.3 Å². The molecule has 1 aromatic carbocycles. The summed E-state index contributed by atoms with van der Waals surface area (Å²) in [5.74, 6) is -1.34. The van der Waals surface area contributed by atoms with E-state index in [-0.39, 0.29) is 17.9 Å². The number of sulfonamides is 1. The molecule has 2 fully saturated rings. The summed E-state index contributed by atoms with van der Waals surface area (Å²) in [6.07, 6.45) is -3.19. The predicted molar refractivity (Wildman–Crippen MR) is 95.1 cm³/mol. The summed E-state index contributed by atoms with van der Waals surface area (Å²) in [7, 11) is -2.61. The van der Waals surface area contributed by atoms with Crippen molar-refractivity contribution in [2.24, 2.45) is 0 Å². The fourth-order valence-electron chi connectivity index (χ4n) is 3.61. The van der Waals surface area contributed by atoms with Gasteiger partial charge in [-0.3, -0.25) is 10.0 Å². The lowest BCUT2D eigenvalue weighted by molar-refractivity contribution is -0.153. The van der Waals surface area contributed by atoms with Crippen molar-refractivity contribution in [3.63, 3.8) is 0 Å². The monoisotopic (exact) mass is 416 g/mol. The van der Waals surface area contributed by atoms with E-state index >= 15 is 0 Å². The second-order valence-corrected chi connectivity index (χ2v) is 9.08. The first-order valence-electron chi connectivity index (χ1n) is 8.71. The van der Waals surface area contributed by atoms with Gasteiger partial charge in [0.1, 0.15) is 18.0 Å². The van der Waals surface area contributed by atoms with Crippen LogP contribution in [0.4, 0.5) is 0 Å². The molecule has 4 atom stereocenters. The number of β-amino-alcohol motifs (C(OH)–C–C–N with tert-alkyl or cyclic N) is 1. The fourth-order valence-corrected chi connectivity index (χ4v) is 5.26. The maximum atomic E-state index is 13.2. The highest BCUT2D eigenvalue weighted by Crippen LogP contribution is 2.39. The van der Waals surface area contributed by atoms with Crippen molar-refractivity contribution in [3.05, 3.63) is 24.3 Å². The third kappa shape index (κ3) is 3.86. The molecule has 0 spiro atoms. The Labute approximate surface area is 163 Å². The zero-order valence-electron chi connectivity index (χ0n) is 15.7. The summed E-state index contributed by atoms with van der Waals surface area (Å²) in [5.41, 5.74) is 1.52. The van der Waals surface area contributed by atoms with Gasteiger partial charge < -0.3 is 19.3 Å². The zero-order chi connectivity index (χ0) is 20.7. The molecule has 4 unspecified atom stereocenters. The fraction of sp³-hybridized carbons (Fsp3) is 0.588. The first kappa shape index (κ1) is 21.0. The minimum Gasteiger partial charge on any atom is -0.497 e. The van der Waals surface area contributed by atoms with E-state index in [1.165, 1.54) is 36.9 Å². The number of methoxy groups -OCH3 is 1. The molecule has 2 aliphatic rings. The van der Waals surface area contributed by atoms with Crippen molar-refractivity contribution >= 4 is 15.9 Å². The van der Waals surface area contributed by atoms with E-state index in [4.69, 9.17) is 19.4 Å². The number of amides is 1. The number of nitrogens with one attached hydrogen (secondary N) is 1. The van der Waals surface area contributed by atoms with Gasteiger partial charge in [-0.15, -0.1) is 0 Å². The van der Waals surface area contributed by atoms with Crippen molar-refractivity contribution in [1.29, 1.82) is 0 Å². The second kappa shape index (κ2) is 7.58. The number of carbonyl (C=O) groups is 1. The van der Waals surface area contributed by atoms with Crippen molar-refractivity contribution in [1.82, 2.24) is 9.79 Å². The summed E-state index contributed by atoms with van der Waals surface area (Å²) >= 11 is 0. The molecule has 0 radical (unpaired) electrons. The smallest absolute Gasteiger partial charge is 0.245 e. The van der Waals surface area contributed by atoms with Gasteiger partial charge in [-0.1, -0.05) is 0 Å². The van der Waals surface area contributed by atoms with Crippen LogP contribution in [0.3, 0.4) is 0 Å². The topological polar surface area (TPSA) is 135 Å². The third-order valence-electron chi connectivity index (χ3n) is 4.84. The van der Waals surface area contributed by atoms with Gasteiger partial charge in [0.05, 0.1) is 24.2 Å². The number of ether oxygens (including phenoxy) is 3. The molecule has 1 aromatic rings. The summed E-state index contributed by atoms with van der Waals surface area (Å²) in [4.78, 5) is 11.8. The highest BCUT2D eigenvalue weighted by atomic mass is 32.2. The highest BCUT2D eigenvalue weighted by molar-refractivity contribution is 7.89. The number of piperidine rings is 1. The Bertz CT molecular complexity index is 826. The molecule has 0 aliphatic carbocycles. The molecule has 28 heavy (non-hydrogen) atoms. The molecule has 3 rings (SSSR count). The normalized spacial score (nSPS) is 29.9. The van der Waals surface area contributed by atoms with Gasteiger partial charge >= 0.3 is 0 Å². The molecule has 2 aliphatic heterocycles. The number of fused-ring (bicyclic) bond motifs is 1. The Balaban J connectivity index is 1.99. The van der Waals surface area contributed by atoms with Gasteiger partial charge in [-0.05, 0) is 38.1 Å². The van der Waals surface area contributed by atoms with E-state index < -0.39 is 46.1 Å². The van der Waals surface area contributed by atoms with Crippen LogP contribution in [0, 0.1) is 0 Å². The van der Waals surface area contributed by atoms with Crippen LogP contribution in [-0.2, 0) is 24.3 Å². The third-order valence-corrected chi connectivity index (χ3v) is 6.75. The van der Waals surface area contributed by atoms with Gasteiger partial charge in [0.25, 0.3) is 0 Å². The van der Waals surface area contributed by atoms with E-state index in [1.54, 1.807) is 13.8 Å². The Morgan fingerprint density at radius 2 is 1.89 bits per heavy atom. The lowest BCUT2D eigenvalue weighted by Crippen LogP contribution is -2.62. The van der Waals surface area contributed by atoms with Crippen LogP contribution in [0.5, 0.6) is 5.75 Å². The van der Waals surface area contributed by atoms with Crippen LogP contribution < -0.4 is 10.2 Å². The van der Waals surface area contributed by atoms with Crippen molar-refractivity contribution < 1.29 is 37.7 Å². The molecule has 2 heterocycles. The number of hydrogen-bond donors (Lipinski definition) is 3. The van der Waals surface area contributed by atoms with Crippen LogP contribution in [0.15, 0.2) is 29.2 Å². The first-order chi connectivity index (χ1) is 13.1. The first-order valence-corrected chi connectivity index (χ1v) is 10.2. The van der Waals surface area contributed by atoms with E-state index in [2.05, 4.69) is 0 Å². The van der Waals surface area contributed by atoms with Crippen LogP contribution in [0.25, 0.3) is 0 Å². The molecule has 3 N–H and O–H groups in total. The number of carbonyl (C=O) groups excluding carboxylic acids is 1. The lowest BCUT2D eigenvalue weighted by atomic mass is 9.94. The zero-order valence-corrected chi connectivity index (χ0v) is 16.5. The van der Waals surface area contributed by atoms with Gasteiger partial charge in [-0.25, -0.2) is 13.9 Å². The van der Waals surface area contributed by atoms with Gasteiger partial charge in [0, 0.05) is 13.0 Å². The van der Waals surface area contributed by atoms with Crippen molar-refractivity contribution in [3.8, 4) is 5.75 Å². The molecule has 0 bridgehead atoms. The van der Waals surface area contributed by atoms with Gasteiger partial charge in [0.15, 0.2) is 5.79 Å². The van der Waals surface area contributed by atoms with E-state index in [0.717, 1.165) is 4.31 Å². The average Bonchev–Trinajstić information content (AvgIpc) is 2.99. The van der Waals surface area contributed by atoms with Crippen LogP contribution in [0.2, 0.25) is 0 Å². The second-order valence-electron chi connectivity index (χ2n) is 7.19. The van der Waals surface area contributed by atoms with Crippen LogP contribution >= 0.6 is 0 Å². The minimum absolute atomic E-state index is 0.0217. The Hall–Kier alpha value is -1.76.